The molecule has 1 atom stereocenters. The fourth-order valence-corrected chi connectivity index (χ4v) is 0.760. The molecule has 0 unspecified atom stereocenters. The Morgan fingerprint density at radius 2 is 2.64 bits per heavy atom. The monoisotopic (exact) mass is 156 g/mol. The van der Waals surface area contributed by atoms with Crippen LogP contribution in [0.25, 0.3) is 0 Å². The van der Waals surface area contributed by atoms with Gasteiger partial charge in [0.1, 0.15) is 17.9 Å². The maximum Gasteiger partial charge on any atom is 0.320 e. The third-order valence-electron chi connectivity index (χ3n) is 1.36. The van der Waals surface area contributed by atoms with Crippen LogP contribution >= 0.6 is 0 Å². The molecule has 0 fully saturated rings. The van der Waals surface area contributed by atoms with Crippen molar-refractivity contribution in [1.82, 2.24) is 4.98 Å². The summed E-state index contributed by atoms with van der Waals surface area (Å²) in [6.45, 7) is 0. The molecule has 0 spiro atoms. The quantitative estimate of drug-likeness (QED) is 0.512. The number of carboxylic acid groups (broad SMARTS) is 1. The van der Waals surface area contributed by atoms with Crippen molar-refractivity contribution >= 4 is 5.97 Å². The molecule has 11 heavy (non-hydrogen) atoms. The van der Waals surface area contributed by atoms with E-state index in [1.54, 1.807) is 12.5 Å². The Morgan fingerprint density at radius 3 is 3.09 bits per heavy atom. The van der Waals surface area contributed by atoms with E-state index in [1.165, 1.54) is 0 Å². The van der Waals surface area contributed by atoms with E-state index in [9.17, 15) is 4.79 Å². The smallest absolute Gasteiger partial charge is 0.320 e. The van der Waals surface area contributed by atoms with Crippen LogP contribution in [0.5, 0.6) is 0 Å². The molecule has 1 aromatic heterocycles. The number of carbonyl (C=O) groups is 1. The molecule has 0 aliphatic carbocycles. The molecular weight excluding hydrogens is 146 g/mol. The Balaban J connectivity index is 2.50. The summed E-state index contributed by atoms with van der Waals surface area (Å²) >= 11 is 0. The van der Waals surface area contributed by atoms with E-state index in [0.29, 0.717) is 6.42 Å². The summed E-state index contributed by atoms with van der Waals surface area (Å²) in [7, 11) is 0. The van der Waals surface area contributed by atoms with Gasteiger partial charge in [-0.15, -0.1) is 0 Å². The standard InChI is InChI=1S/C6H9N3O2/c7-5(6(10)11)1-4-2-8-3-9-4/h2-3,5H,1,7H2,(H,8,9)(H,10,11)/p+1/t5-/m0/s1. The van der Waals surface area contributed by atoms with Crippen molar-refractivity contribution in [3.8, 4) is 0 Å². The lowest BCUT2D eigenvalue weighted by Gasteiger charge is -1.99. The average molecular weight is 156 g/mol. The van der Waals surface area contributed by atoms with Crippen molar-refractivity contribution in [3.63, 3.8) is 0 Å². The summed E-state index contributed by atoms with van der Waals surface area (Å²) in [5.41, 5.74) is 6.07. The number of aliphatic carboxylic acids is 1. The van der Waals surface area contributed by atoms with E-state index in [4.69, 9.17) is 10.8 Å². The highest BCUT2D eigenvalue weighted by Crippen LogP contribution is 1.93. The predicted octanol–water partition coefficient (Wildman–Crippen LogP) is -1.22. The van der Waals surface area contributed by atoms with Gasteiger partial charge in [-0.3, -0.25) is 9.78 Å². The van der Waals surface area contributed by atoms with E-state index in [-0.39, 0.29) is 0 Å². The maximum absolute atomic E-state index is 10.3. The first-order chi connectivity index (χ1) is 5.20. The number of aromatic amines is 2. The van der Waals surface area contributed by atoms with Crippen LogP contribution in [0.4, 0.5) is 0 Å². The molecule has 0 aromatic carbocycles. The molecule has 5 heteroatoms. The van der Waals surface area contributed by atoms with E-state index in [2.05, 4.69) is 9.97 Å². The van der Waals surface area contributed by atoms with Crippen LogP contribution in [0.2, 0.25) is 0 Å². The first-order valence-corrected chi connectivity index (χ1v) is 3.22. The van der Waals surface area contributed by atoms with Crippen molar-refractivity contribution in [2.75, 3.05) is 0 Å². The molecule has 0 aliphatic rings. The van der Waals surface area contributed by atoms with Gasteiger partial charge in [0, 0.05) is 6.42 Å². The van der Waals surface area contributed by atoms with Gasteiger partial charge in [-0.2, -0.15) is 0 Å². The lowest BCUT2D eigenvalue weighted by Crippen LogP contribution is -2.32. The molecule has 1 heterocycles. The second kappa shape index (κ2) is 3.16. The summed E-state index contributed by atoms with van der Waals surface area (Å²) in [4.78, 5) is 15.9. The van der Waals surface area contributed by atoms with Crippen LogP contribution < -0.4 is 10.7 Å². The Labute approximate surface area is 63.3 Å². The minimum Gasteiger partial charge on any atom is -0.480 e. The van der Waals surface area contributed by atoms with Crippen molar-refractivity contribution in [2.45, 2.75) is 12.5 Å². The SMILES string of the molecule is N[C@@H](Cc1c[nH+]c[nH]1)C(=O)O. The van der Waals surface area contributed by atoms with Crippen LogP contribution in [0.3, 0.4) is 0 Å². The molecule has 1 rings (SSSR count). The Hall–Kier alpha value is -1.36. The summed E-state index contributed by atoms with van der Waals surface area (Å²) in [5.74, 6) is -0.986. The third kappa shape index (κ3) is 2.05. The third-order valence-corrected chi connectivity index (χ3v) is 1.36. The molecule has 5 N–H and O–H groups in total. The van der Waals surface area contributed by atoms with Gasteiger partial charge in [0.2, 0.25) is 6.33 Å². The number of rotatable bonds is 3. The Morgan fingerprint density at radius 1 is 1.91 bits per heavy atom. The van der Waals surface area contributed by atoms with E-state index >= 15 is 0 Å². The minimum absolute atomic E-state index is 0.318. The van der Waals surface area contributed by atoms with Gasteiger partial charge >= 0.3 is 5.97 Å². The second-order valence-electron chi connectivity index (χ2n) is 2.27. The van der Waals surface area contributed by atoms with Crippen LogP contribution in [0.15, 0.2) is 12.5 Å². The van der Waals surface area contributed by atoms with Crippen LogP contribution in [0.1, 0.15) is 5.69 Å². The summed E-state index contributed by atoms with van der Waals surface area (Å²) in [6.07, 6.45) is 3.62. The van der Waals surface area contributed by atoms with E-state index in [1.807, 2.05) is 0 Å². The van der Waals surface area contributed by atoms with Crippen LogP contribution in [-0.4, -0.2) is 22.1 Å². The first kappa shape index (κ1) is 7.74. The van der Waals surface area contributed by atoms with Gasteiger partial charge in [-0.1, -0.05) is 0 Å². The Kier molecular flexibility index (Phi) is 2.22. The summed E-state index contributed by atoms with van der Waals surface area (Å²) in [5, 5.41) is 8.43. The molecular formula is C6H10N3O2+. The van der Waals surface area contributed by atoms with Crippen molar-refractivity contribution in [2.24, 2.45) is 5.73 Å². The molecule has 0 saturated carbocycles. The fraction of sp³-hybridized carbons (Fsp3) is 0.333. The highest BCUT2D eigenvalue weighted by Gasteiger charge is 2.14. The highest BCUT2D eigenvalue weighted by molar-refractivity contribution is 5.73. The van der Waals surface area contributed by atoms with E-state index in [0.717, 1.165) is 5.69 Å². The lowest BCUT2D eigenvalue weighted by atomic mass is 10.2. The number of hydrogen-bond donors (Lipinski definition) is 3. The van der Waals surface area contributed by atoms with Gasteiger partial charge in [0.15, 0.2) is 0 Å². The number of imidazole rings is 1. The number of H-pyrrole nitrogens is 2. The molecule has 0 radical (unpaired) electrons. The van der Waals surface area contributed by atoms with Crippen LogP contribution in [-0.2, 0) is 11.2 Å². The zero-order chi connectivity index (χ0) is 8.27. The molecule has 60 valence electrons. The molecule has 0 saturated heterocycles. The maximum atomic E-state index is 10.3. The van der Waals surface area contributed by atoms with Crippen molar-refractivity contribution in [3.05, 3.63) is 18.2 Å². The van der Waals surface area contributed by atoms with Gasteiger partial charge in [0.05, 0.1) is 0 Å². The first-order valence-electron chi connectivity index (χ1n) is 3.22. The number of nitrogens with two attached hydrogens (primary N) is 1. The molecule has 0 aliphatic heterocycles. The zero-order valence-electron chi connectivity index (χ0n) is 5.87. The van der Waals surface area contributed by atoms with Gasteiger partial charge in [0.25, 0.3) is 0 Å². The minimum atomic E-state index is -0.986. The predicted molar refractivity (Wildman–Crippen MR) is 36.7 cm³/mol. The summed E-state index contributed by atoms with van der Waals surface area (Å²) < 4.78 is 0. The largest absolute Gasteiger partial charge is 0.480 e. The fourth-order valence-electron chi connectivity index (χ4n) is 0.760. The van der Waals surface area contributed by atoms with Crippen molar-refractivity contribution in [1.29, 1.82) is 0 Å². The zero-order valence-corrected chi connectivity index (χ0v) is 5.87. The van der Waals surface area contributed by atoms with Gasteiger partial charge in [-0.05, 0) is 0 Å². The van der Waals surface area contributed by atoms with Gasteiger partial charge < -0.3 is 10.8 Å². The second-order valence-corrected chi connectivity index (χ2v) is 2.27. The lowest BCUT2D eigenvalue weighted by molar-refractivity contribution is -0.376. The average Bonchev–Trinajstić information content (AvgIpc) is 2.39. The molecule has 0 amide bonds. The summed E-state index contributed by atoms with van der Waals surface area (Å²) in [6, 6.07) is -0.831. The molecule has 0 bridgehead atoms. The van der Waals surface area contributed by atoms with Gasteiger partial charge in [-0.25, -0.2) is 4.98 Å². The highest BCUT2D eigenvalue weighted by atomic mass is 16.4. The number of aromatic nitrogens is 2. The Bertz CT molecular complexity index is 232. The molecule has 5 nitrogen and oxygen atoms in total. The number of carboxylic acids is 1. The number of nitrogens with one attached hydrogen (secondary N) is 2. The number of hydrogen-bond acceptors (Lipinski definition) is 2. The van der Waals surface area contributed by atoms with Crippen LogP contribution in [0, 0.1) is 0 Å². The van der Waals surface area contributed by atoms with E-state index < -0.39 is 12.0 Å². The topological polar surface area (TPSA) is 93.2 Å². The normalized spacial score (nSPS) is 12.8. The van der Waals surface area contributed by atoms with Crippen molar-refractivity contribution < 1.29 is 14.9 Å². The molecule has 1 aromatic rings.